The lowest BCUT2D eigenvalue weighted by molar-refractivity contribution is 0.387. The molecule has 0 aliphatic rings. The molecule has 100 valence electrons. The summed E-state index contributed by atoms with van der Waals surface area (Å²) in [6.45, 7) is 5.62. The average molecular weight is 276 g/mol. The Bertz CT molecular complexity index is 671. The highest BCUT2D eigenvalue weighted by Gasteiger charge is 2.25. The van der Waals surface area contributed by atoms with Gasteiger partial charge in [-0.15, -0.1) is 0 Å². The standard InChI is InChI=1S/C15H17O3P/c1-10-5-4-6-13(8-10)14-9-11(2)7-12(3)15(14)19(16,17)18/h4-9H,1-3H3,(H2,16,17,18). The van der Waals surface area contributed by atoms with Gasteiger partial charge in [0.2, 0.25) is 0 Å². The van der Waals surface area contributed by atoms with Gasteiger partial charge in [0.25, 0.3) is 0 Å². The van der Waals surface area contributed by atoms with Crippen LogP contribution in [-0.4, -0.2) is 9.79 Å². The molecule has 4 heteroatoms. The van der Waals surface area contributed by atoms with Crippen molar-refractivity contribution in [3.05, 3.63) is 53.1 Å². The molecule has 19 heavy (non-hydrogen) atoms. The van der Waals surface area contributed by atoms with E-state index in [0.29, 0.717) is 11.1 Å². The monoisotopic (exact) mass is 276 g/mol. The number of hydrogen-bond acceptors (Lipinski definition) is 1. The Labute approximate surface area is 113 Å². The first kappa shape index (κ1) is 14.0. The van der Waals surface area contributed by atoms with E-state index < -0.39 is 7.60 Å². The van der Waals surface area contributed by atoms with Crippen molar-refractivity contribution >= 4 is 12.9 Å². The van der Waals surface area contributed by atoms with Crippen molar-refractivity contribution in [2.75, 3.05) is 0 Å². The van der Waals surface area contributed by atoms with Gasteiger partial charge in [-0.3, -0.25) is 4.57 Å². The van der Waals surface area contributed by atoms with Crippen LogP contribution in [0, 0.1) is 20.8 Å². The predicted octanol–water partition coefficient (Wildman–Crippen LogP) is 3.08. The molecule has 2 aromatic rings. The summed E-state index contributed by atoms with van der Waals surface area (Å²) in [7, 11) is -4.29. The lowest BCUT2D eigenvalue weighted by Crippen LogP contribution is -2.12. The normalized spacial score (nSPS) is 11.6. The molecule has 3 nitrogen and oxygen atoms in total. The maximum absolute atomic E-state index is 11.7. The SMILES string of the molecule is Cc1cccc(-c2cc(C)cc(C)c2P(=O)(O)O)c1. The zero-order valence-electron chi connectivity index (χ0n) is 11.2. The first-order valence-corrected chi connectivity index (χ1v) is 7.64. The maximum atomic E-state index is 11.7. The molecule has 0 aromatic heterocycles. The van der Waals surface area contributed by atoms with E-state index in [1.165, 1.54) is 0 Å². The van der Waals surface area contributed by atoms with E-state index in [9.17, 15) is 14.4 Å². The van der Waals surface area contributed by atoms with Crippen LogP contribution >= 0.6 is 7.60 Å². The van der Waals surface area contributed by atoms with Gasteiger partial charge in [-0.2, -0.15) is 0 Å². The molecule has 0 atom stereocenters. The Hall–Kier alpha value is -1.41. The minimum absolute atomic E-state index is 0.128. The summed E-state index contributed by atoms with van der Waals surface area (Å²) in [6, 6.07) is 11.3. The third-order valence-electron chi connectivity index (χ3n) is 3.07. The van der Waals surface area contributed by atoms with E-state index in [1.807, 2.05) is 44.2 Å². The van der Waals surface area contributed by atoms with E-state index in [4.69, 9.17) is 0 Å². The molecule has 0 saturated carbocycles. The molecular formula is C15H17O3P. The van der Waals surface area contributed by atoms with E-state index in [-0.39, 0.29) is 5.30 Å². The van der Waals surface area contributed by atoms with Crippen LogP contribution in [0.3, 0.4) is 0 Å². The van der Waals surface area contributed by atoms with Gasteiger partial charge in [0, 0.05) is 0 Å². The number of benzene rings is 2. The van der Waals surface area contributed by atoms with Crippen molar-refractivity contribution in [2.45, 2.75) is 20.8 Å². The average Bonchev–Trinajstić information content (AvgIpc) is 2.25. The molecule has 0 fully saturated rings. The second-order valence-electron chi connectivity index (χ2n) is 4.89. The summed E-state index contributed by atoms with van der Waals surface area (Å²) in [5, 5.41) is 0.128. The van der Waals surface area contributed by atoms with Crippen LogP contribution in [0.15, 0.2) is 36.4 Å². The molecule has 2 N–H and O–H groups in total. The Kier molecular flexibility index (Phi) is 3.64. The number of aryl methyl sites for hydroxylation is 3. The van der Waals surface area contributed by atoms with E-state index in [2.05, 4.69) is 0 Å². The molecule has 0 aliphatic carbocycles. The summed E-state index contributed by atoms with van der Waals surface area (Å²) in [6.07, 6.45) is 0. The topological polar surface area (TPSA) is 57.5 Å². The molecule has 2 aromatic carbocycles. The molecule has 0 amide bonds. The third kappa shape index (κ3) is 2.95. The molecule has 0 aliphatic heterocycles. The van der Waals surface area contributed by atoms with Crippen molar-refractivity contribution < 1.29 is 14.4 Å². The lowest BCUT2D eigenvalue weighted by atomic mass is 9.99. The summed E-state index contributed by atoms with van der Waals surface area (Å²) in [5.41, 5.74) is 4.14. The van der Waals surface area contributed by atoms with E-state index in [0.717, 1.165) is 16.7 Å². The molecule has 0 heterocycles. The van der Waals surface area contributed by atoms with Crippen molar-refractivity contribution in [3.8, 4) is 11.1 Å². The van der Waals surface area contributed by atoms with Crippen LogP contribution < -0.4 is 5.30 Å². The van der Waals surface area contributed by atoms with Gasteiger partial charge >= 0.3 is 7.60 Å². The summed E-state index contributed by atoms with van der Waals surface area (Å²) in [4.78, 5) is 19.2. The van der Waals surface area contributed by atoms with Crippen LogP contribution in [0.1, 0.15) is 16.7 Å². The van der Waals surface area contributed by atoms with E-state index >= 15 is 0 Å². The minimum Gasteiger partial charge on any atom is -0.321 e. The Morgan fingerprint density at radius 2 is 1.63 bits per heavy atom. The van der Waals surface area contributed by atoms with Crippen LogP contribution in [0.25, 0.3) is 11.1 Å². The first-order valence-electron chi connectivity index (χ1n) is 6.03. The second-order valence-corrected chi connectivity index (χ2v) is 6.43. The van der Waals surface area contributed by atoms with E-state index in [1.54, 1.807) is 13.0 Å². The van der Waals surface area contributed by atoms with Crippen molar-refractivity contribution in [1.82, 2.24) is 0 Å². The first-order chi connectivity index (χ1) is 8.79. The fraction of sp³-hybridized carbons (Fsp3) is 0.200. The quantitative estimate of drug-likeness (QED) is 0.829. The van der Waals surface area contributed by atoms with Gasteiger partial charge < -0.3 is 9.79 Å². The molecular weight excluding hydrogens is 259 g/mol. The summed E-state index contributed by atoms with van der Waals surface area (Å²) < 4.78 is 11.7. The van der Waals surface area contributed by atoms with Crippen molar-refractivity contribution in [3.63, 3.8) is 0 Å². The molecule has 0 unspecified atom stereocenters. The largest absolute Gasteiger partial charge is 0.357 e. The summed E-state index contributed by atoms with van der Waals surface area (Å²) in [5.74, 6) is 0. The molecule has 0 saturated heterocycles. The second kappa shape index (κ2) is 4.93. The van der Waals surface area contributed by atoms with Crippen LogP contribution in [0.4, 0.5) is 0 Å². The zero-order valence-corrected chi connectivity index (χ0v) is 12.1. The van der Waals surface area contributed by atoms with Gasteiger partial charge in [0.05, 0.1) is 5.30 Å². The zero-order chi connectivity index (χ0) is 14.2. The number of hydrogen-bond donors (Lipinski definition) is 2. The predicted molar refractivity (Wildman–Crippen MR) is 77.8 cm³/mol. The molecule has 2 rings (SSSR count). The molecule has 0 radical (unpaired) electrons. The van der Waals surface area contributed by atoms with Crippen LogP contribution in [-0.2, 0) is 4.57 Å². The molecule has 0 bridgehead atoms. The summed E-state index contributed by atoms with van der Waals surface area (Å²) >= 11 is 0. The maximum Gasteiger partial charge on any atom is 0.357 e. The fourth-order valence-electron chi connectivity index (χ4n) is 2.38. The molecule has 0 spiro atoms. The Balaban J connectivity index is 2.79. The van der Waals surface area contributed by atoms with Crippen molar-refractivity contribution in [2.24, 2.45) is 0 Å². The van der Waals surface area contributed by atoms with Crippen LogP contribution in [0.2, 0.25) is 0 Å². The van der Waals surface area contributed by atoms with Gasteiger partial charge in [-0.1, -0.05) is 47.5 Å². The van der Waals surface area contributed by atoms with Gasteiger partial charge in [0.15, 0.2) is 0 Å². The van der Waals surface area contributed by atoms with Gasteiger partial charge in [-0.05, 0) is 37.5 Å². The Morgan fingerprint density at radius 1 is 0.947 bits per heavy atom. The highest BCUT2D eigenvalue weighted by molar-refractivity contribution is 7.60. The van der Waals surface area contributed by atoms with Crippen molar-refractivity contribution in [1.29, 1.82) is 0 Å². The van der Waals surface area contributed by atoms with Gasteiger partial charge in [0.1, 0.15) is 0 Å². The number of rotatable bonds is 2. The minimum atomic E-state index is -4.29. The highest BCUT2D eigenvalue weighted by Crippen LogP contribution is 2.39. The third-order valence-corrected chi connectivity index (χ3v) is 4.24. The fourth-order valence-corrected chi connectivity index (χ4v) is 3.41. The van der Waals surface area contributed by atoms with Crippen LogP contribution in [0.5, 0.6) is 0 Å². The van der Waals surface area contributed by atoms with Gasteiger partial charge in [-0.25, -0.2) is 0 Å². The Morgan fingerprint density at radius 3 is 2.21 bits per heavy atom. The highest BCUT2D eigenvalue weighted by atomic mass is 31.2. The smallest absolute Gasteiger partial charge is 0.321 e. The lowest BCUT2D eigenvalue weighted by Gasteiger charge is -2.15.